The van der Waals surface area contributed by atoms with E-state index in [2.05, 4.69) is 56.1 Å². The highest BCUT2D eigenvalue weighted by atomic mass is 15.1. The summed E-state index contributed by atoms with van der Waals surface area (Å²) in [5.74, 6) is 1.46. The maximum absolute atomic E-state index is 3.47. The lowest BCUT2D eigenvalue weighted by molar-refractivity contribution is 0.211. The van der Waals surface area contributed by atoms with E-state index in [9.17, 15) is 0 Å². The third kappa shape index (κ3) is 4.32. The molecule has 1 aromatic rings. The van der Waals surface area contributed by atoms with Gasteiger partial charge < -0.3 is 5.32 Å². The molecule has 0 radical (unpaired) electrons. The summed E-state index contributed by atoms with van der Waals surface area (Å²) in [4.78, 5) is 2.63. The van der Waals surface area contributed by atoms with Crippen molar-refractivity contribution in [2.75, 3.05) is 19.6 Å². The number of rotatable bonds is 6. The van der Waals surface area contributed by atoms with Crippen LogP contribution in [-0.4, -0.2) is 24.5 Å². The summed E-state index contributed by atoms with van der Waals surface area (Å²) in [7, 11) is 0. The number of hydrogen-bond acceptors (Lipinski definition) is 2. The normalized spacial score (nSPS) is 15.2. The van der Waals surface area contributed by atoms with Gasteiger partial charge in [-0.25, -0.2) is 0 Å². The topological polar surface area (TPSA) is 15.3 Å². The van der Waals surface area contributed by atoms with Crippen molar-refractivity contribution in [3.63, 3.8) is 0 Å². The van der Waals surface area contributed by atoms with E-state index in [0.29, 0.717) is 0 Å². The lowest BCUT2D eigenvalue weighted by Gasteiger charge is -2.28. The average Bonchev–Trinajstić information content (AvgIpc) is 2.37. The van der Waals surface area contributed by atoms with Crippen molar-refractivity contribution in [1.82, 2.24) is 10.2 Å². The van der Waals surface area contributed by atoms with E-state index in [-0.39, 0.29) is 0 Å². The highest BCUT2D eigenvalue weighted by molar-refractivity contribution is 5.37. The van der Waals surface area contributed by atoms with E-state index >= 15 is 0 Å². The van der Waals surface area contributed by atoms with E-state index in [0.717, 1.165) is 31.5 Å². The Morgan fingerprint density at radius 2 is 1.80 bits per heavy atom. The number of fused-ring (bicyclic) bond motifs is 1. The van der Waals surface area contributed by atoms with E-state index in [1.54, 1.807) is 11.1 Å². The quantitative estimate of drug-likeness (QED) is 0.855. The minimum atomic E-state index is 0.731. The zero-order valence-electron chi connectivity index (χ0n) is 13.6. The van der Waals surface area contributed by atoms with E-state index in [4.69, 9.17) is 0 Å². The molecule has 2 heteroatoms. The lowest BCUT2D eigenvalue weighted by atomic mass is 9.95. The first-order chi connectivity index (χ1) is 9.56. The molecule has 1 heterocycles. The van der Waals surface area contributed by atoms with Crippen molar-refractivity contribution in [2.45, 2.75) is 47.2 Å². The molecule has 112 valence electrons. The van der Waals surface area contributed by atoms with Crippen molar-refractivity contribution < 1.29 is 0 Å². The van der Waals surface area contributed by atoms with Crippen molar-refractivity contribution in [1.29, 1.82) is 0 Å². The van der Waals surface area contributed by atoms with Gasteiger partial charge in [-0.1, -0.05) is 45.9 Å². The predicted octanol–water partition coefficient (Wildman–Crippen LogP) is 3.45. The Kier molecular flexibility index (Phi) is 5.62. The minimum Gasteiger partial charge on any atom is -0.312 e. The summed E-state index contributed by atoms with van der Waals surface area (Å²) in [5.41, 5.74) is 4.65. The van der Waals surface area contributed by atoms with E-state index in [1.165, 1.54) is 25.1 Å². The summed E-state index contributed by atoms with van der Waals surface area (Å²) < 4.78 is 0. The Balaban J connectivity index is 2.13. The van der Waals surface area contributed by atoms with Crippen LogP contribution in [0.15, 0.2) is 18.2 Å². The fourth-order valence-electron chi connectivity index (χ4n) is 3.24. The Morgan fingerprint density at radius 1 is 1.10 bits per heavy atom. The first-order valence-corrected chi connectivity index (χ1v) is 8.09. The fraction of sp³-hybridized carbons (Fsp3) is 0.667. The zero-order chi connectivity index (χ0) is 14.5. The number of nitrogens with one attached hydrogen (secondary N) is 1. The molecule has 0 fully saturated rings. The van der Waals surface area contributed by atoms with Crippen LogP contribution in [0.25, 0.3) is 0 Å². The molecule has 0 aliphatic carbocycles. The molecule has 20 heavy (non-hydrogen) atoms. The highest BCUT2D eigenvalue weighted by Gasteiger charge is 2.16. The van der Waals surface area contributed by atoms with Crippen LogP contribution in [0.1, 0.15) is 44.4 Å². The molecular formula is C18H30N2. The lowest BCUT2D eigenvalue weighted by Crippen LogP contribution is -2.32. The average molecular weight is 274 g/mol. The molecular weight excluding hydrogens is 244 g/mol. The van der Waals surface area contributed by atoms with Crippen molar-refractivity contribution >= 4 is 0 Å². The first-order valence-electron chi connectivity index (χ1n) is 8.09. The van der Waals surface area contributed by atoms with Gasteiger partial charge >= 0.3 is 0 Å². The third-order valence-electron chi connectivity index (χ3n) is 3.88. The molecule has 0 atom stereocenters. The molecule has 0 aromatic heterocycles. The Morgan fingerprint density at radius 3 is 2.45 bits per heavy atom. The first kappa shape index (κ1) is 15.5. The summed E-state index contributed by atoms with van der Waals surface area (Å²) >= 11 is 0. The number of benzene rings is 1. The number of hydrogen-bond donors (Lipinski definition) is 1. The summed E-state index contributed by atoms with van der Waals surface area (Å²) in [5, 5.41) is 3.47. The second kappa shape index (κ2) is 7.24. The Bertz CT molecular complexity index is 413. The van der Waals surface area contributed by atoms with Crippen LogP contribution in [-0.2, 0) is 19.5 Å². The van der Waals surface area contributed by atoms with E-state index < -0.39 is 0 Å². The van der Waals surface area contributed by atoms with Gasteiger partial charge in [0.15, 0.2) is 0 Å². The third-order valence-corrected chi connectivity index (χ3v) is 3.88. The van der Waals surface area contributed by atoms with Crippen LogP contribution in [0, 0.1) is 11.8 Å². The molecule has 1 aromatic carbocycles. The van der Waals surface area contributed by atoms with Gasteiger partial charge in [-0.3, -0.25) is 4.90 Å². The molecule has 0 bridgehead atoms. The second-order valence-electron chi connectivity index (χ2n) is 6.96. The molecule has 0 saturated heterocycles. The zero-order valence-corrected chi connectivity index (χ0v) is 13.6. The molecule has 0 amide bonds. The standard InChI is InChI=1S/C18H30N2/c1-14(2)11-20(12-15(3)4)13-17-7-5-6-16-10-19-9-8-18(16)17/h5-7,14-15,19H,8-13H2,1-4H3. The molecule has 2 rings (SSSR count). The van der Waals surface area contributed by atoms with Gasteiger partial charge in [-0.15, -0.1) is 0 Å². The largest absolute Gasteiger partial charge is 0.312 e. The van der Waals surface area contributed by atoms with Gasteiger partial charge in [0.05, 0.1) is 0 Å². The maximum Gasteiger partial charge on any atom is 0.0236 e. The van der Waals surface area contributed by atoms with Gasteiger partial charge in [-0.2, -0.15) is 0 Å². The fourth-order valence-corrected chi connectivity index (χ4v) is 3.24. The second-order valence-corrected chi connectivity index (χ2v) is 6.96. The molecule has 0 unspecified atom stereocenters. The predicted molar refractivity (Wildman–Crippen MR) is 86.8 cm³/mol. The smallest absolute Gasteiger partial charge is 0.0236 e. The summed E-state index contributed by atoms with van der Waals surface area (Å²) in [6.07, 6.45) is 1.18. The van der Waals surface area contributed by atoms with Crippen molar-refractivity contribution in [2.24, 2.45) is 11.8 Å². The monoisotopic (exact) mass is 274 g/mol. The molecule has 1 aliphatic heterocycles. The van der Waals surface area contributed by atoms with E-state index in [1.807, 2.05) is 0 Å². The summed E-state index contributed by atoms with van der Waals surface area (Å²) in [6, 6.07) is 6.84. The van der Waals surface area contributed by atoms with Gasteiger partial charge in [0.1, 0.15) is 0 Å². The molecule has 1 aliphatic rings. The summed E-state index contributed by atoms with van der Waals surface area (Å²) in [6.45, 7) is 14.9. The molecule has 2 nitrogen and oxygen atoms in total. The van der Waals surface area contributed by atoms with Crippen LogP contribution >= 0.6 is 0 Å². The molecule has 0 saturated carbocycles. The Hall–Kier alpha value is -0.860. The minimum absolute atomic E-state index is 0.731. The van der Waals surface area contributed by atoms with Crippen LogP contribution in [0.2, 0.25) is 0 Å². The van der Waals surface area contributed by atoms with Gasteiger partial charge in [-0.05, 0) is 41.5 Å². The van der Waals surface area contributed by atoms with Crippen molar-refractivity contribution in [3.8, 4) is 0 Å². The number of nitrogens with zero attached hydrogens (tertiary/aromatic N) is 1. The van der Waals surface area contributed by atoms with Gasteiger partial charge in [0.25, 0.3) is 0 Å². The SMILES string of the molecule is CC(C)CN(Cc1cccc2c1CCNC2)CC(C)C. The van der Waals surface area contributed by atoms with Gasteiger partial charge in [0, 0.05) is 26.2 Å². The van der Waals surface area contributed by atoms with Crippen LogP contribution < -0.4 is 5.32 Å². The Labute approximate surface area is 124 Å². The highest BCUT2D eigenvalue weighted by Crippen LogP contribution is 2.21. The van der Waals surface area contributed by atoms with Gasteiger partial charge in [0.2, 0.25) is 0 Å². The van der Waals surface area contributed by atoms with Crippen LogP contribution in [0.5, 0.6) is 0 Å². The van der Waals surface area contributed by atoms with Crippen molar-refractivity contribution in [3.05, 3.63) is 34.9 Å². The molecule has 1 N–H and O–H groups in total. The molecule has 0 spiro atoms. The van der Waals surface area contributed by atoms with Crippen LogP contribution in [0.3, 0.4) is 0 Å². The van der Waals surface area contributed by atoms with Crippen LogP contribution in [0.4, 0.5) is 0 Å². The maximum atomic E-state index is 3.47.